The summed E-state index contributed by atoms with van der Waals surface area (Å²) in [5, 5.41) is 29.0. The van der Waals surface area contributed by atoms with Crippen LogP contribution in [0.3, 0.4) is 0 Å². The van der Waals surface area contributed by atoms with E-state index in [9.17, 15) is 10.2 Å². The van der Waals surface area contributed by atoms with Crippen LogP contribution < -0.4 is 0 Å². The minimum absolute atomic E-state index is 0.275. The molecule has 0 bridgehead atoms. The van der Waals surface area contributed by atoms with E-state index in [1.807, 2.05) is 30.3 Å². The van der Waals surface area contributed by atoms with Gasteiger partial charge >= 0.3 is 0 Å². The first kappa shape index (κ1) is 13.5. The van der Waals surface area contributed by atoms with E-state index >= 15 is 0 Å². The van der Waals surface area contributed by atoms with Crippen LogP contribution in [0.15, 0.2) is 30.3 Å². The van der Waals surface area contributed by atoms with E-state index in [0.717, 1.165) is 5.56 Å². The fraction of sp³-hybridized carbons (Fsp3) is 0.538. The molecule has 0 radical (unpaired) electrons. The molecule has 1 aliphatic rings. The van der Waals surface area contributed by atoms with Crippen LogP contribution in [0.25, 0.3) is 0 Å². The minimum atomic E-state index is -1.67. The number of hydrogen-bond donors (Lipinski definition) is 3. The SMILES string of the molecule is C[C@@H]1O[C@@H](OCc2ccccc2)[C@H](O)[C@@]1(O)CO. The van der Waals surface area contributed by atoms with Crippen molar-refractivity contribution in [2.24, 2.45) is 0 Å². The molecule has 0 amide bonds. The highest BCUT2D eigenvalue weighted by Gasteiger charge is 2.53. The summed E-state index contributed by atoms with van der Waals surface area (Å²) in [6.45, 7) is 1.29. The summed E-state index contributed by atoms with van der Waals surface area (Å²) in [6, 6.07) is 9.46. The molecule has 0 unspecified atom stereocenters. The van der Waals surface area contributed by atoms with Gasteiger partial charge in [0.05, 0.1) is 19.3 Å². The maximum atomic E-state index is 10.00. The monoisotopic (exact) mass is 254 g/mol. The fourth-order valence-electron chi connectivity index (χ4n) is 1.97. The fourth-order valence-corrected chi connectivity index (χ4v) is 1.97. The number of ether oxygens (including phenoxy) is 2. The Balaban J connectivity index is 1.96. The van der Waals surface area contributed by atoms with Gasteiger partial charge in [-0.05, 0) is 12.5 Å². The second-order valence-electron chi connectivity index (χ2n) is 4.54. The van der Waals surface area contributed by atoms with Crippen LogP contribution in [0, 0.1) is 0 Å². The van der Waals surface area contributed by atoms with E-state index in [-0.39, 0.29) is 6.61 Å². The van der Waals surface area contributed by atoms with E-state index in [0.29, 0.717) is 0 Å². The first-order chi connectivity index (χ1) is 8.58. The van der Waals surface area contributed by atoms with Gasteiger partial charge in [-0.3, -0.25) is 0 Å². The predicted molar refractivity (Wildman–Crippen MR) is 63.6 cm³/mol. The Bertz CT molecular complexity index is 382. The zero-order valence-corrected chi connectivity index (χ0v) is 10.2. The molecule has 1 aromatic rings. The zero-order valence-electron chi connectivity index (χ0n) is 10.2. The molecule has 0 aromatic heterocycles. The highest BCUT2D eigenvalue weighted by molar-refractivity contribution is 5.13. The van der Waals surface area contributed by atoms with E-state index in [2.05, 4.69) is 0 Å². The molecule has 1 heterocycles. The van der Waals surface area contributed by atoms with E-state index in [1.165, 1.54) is 0 Å². The van der Waals surface area contributed by atoms with Crippen LogP contribution in [-0.4, -0.2) is 46.0 Å². The molecule has 18 heavy (non-hydrogen) atoms. The minimum Gasteiger partial charge on any atom is -0.393 e. The van der Waals surface area contributed by atoms with Crippen molar-refractivity contribution >= 4 is 0 Å². The van der Waals surface area contributed by atoms with Gasteiger partial charge in [-0.25, -0.2) is 0 Å². The van der Waals surface area contributed by atoms with Crippen molar-refractivity contribution in [2.45, 2.75) is 37.6 Å². The summed E-state index contributed by atoms with van der Waals surface area (Å²) in [5.41, 5.74) is -0.721. The molecule has 0 saturated carbocycles. The number of rotatable bonds is 4. The quantitative estimate of drug-likeness (QED) is 0.706. The smallest absolute Gasteiger partial charge is 0.187 e. The van der Waals surface area contributed by atoms with Crippen molar-refractivity contribution < 1.29 is 24.8 Å². The van der Waals surface area contributed by atoms with Crippen molar-refractivity contribution in [2.75, 3.05) is 6.61 Å². The first-order valence-corrected chi connectivity index (χ1v) is 5.90. The van der Waals surface area contributed by atoms with Gasteiger partial charge in [0, 0.05) is 0 Å². The molecule has 0 spiro atoms. The first-order valence-electron chi connectivity index (χ1n) is 5.90. The summed E-state index contributed by atoms with van der Waals surface area (Å²) >= 11 is 0. The van der Waals surface area contributed by atoms with Gasteiger partial charge in [-0.15, -0.1) is 0 Å². The molecule has 5 nitrogen and oxygen atoms in total. The number of aliphatic hydroxyl groups is 3. The molecule has 3 N–H and O–H groups in total. The Labute approximate surface area is 106 Å². The van der Waals surface area contributed by atoms with Gasteiger partial charge in [0.2, 0.25) is 0 Å². The largest absolute Gasteiger partial charge is 0.393 e. The van der Waals surface area contributed by atoms with Gasteiger partial charge in [0.25, 0.3) is 0 Å². The summed E-state index contributed by atoms with van der Waals surface area (Å²) in [4.78, 5) is 0. The van der Waals surface area contributed by atoms with Crippen LogP contribution in [0.1, 0.15) is 12.5 Å². The summed E-state index contributed by atoms with van der Waals surface area (Å²) in [6.07, 6.45) is -2.88. The second-order valence-corrected chi connectivity index (χ2v) is 4.54. The topological polar surface area (TPSA) is 79.2 Å². The van der Waals surface area contributed by atoms with Crippen molar-refractivity contribution in [1.29, 1.82) is 0 Å². The molecule has 1 aromatic carbocycles. The maximum absolute atomic E-state index is 10.00. The highest BCUT2D eigenvalue weighted by atomic mass is 16.7. The number of benzene rings is 1. The summed E-state index contributed by atoms with van der Waals surface area (Å²) < 4.78 is 10.7. The average molecular weight is 254 g/mol. The normalized spacial score (nSPS) is 35.9. The zero-order chi connectivity index (χ0) is 13.2. The molecule has 4 atom stereocenters. The van der Waals surface area contributed by atoms with Crippen molar-refractivity contribution in [3.8, 4) is 0 Å². The Hall–Kier alpha value is -0.980. The van der Waals surface area contributed by atoms with Crippen molar-refractivity contribution in [3.05, 3.63) is 35.9 Å². The van der Waals surface area contributed by atoms with Gasteiger partial charge in [0.1, 0.15) is 11.7 Å². The molecule has 100 valence electrons. The molecular weight excluding hydrogens is 236 g/mol. The Morgan fingerprint density at radius 2 is 2.00 bits per heavy atom. The summed E-state index contributed by atoms with van der Waals surface area (Å²) in [7, 11) is 0. The molecule has 1 aliphatic heterocycles. The Kier molecular flexibility index (Phi) is 3.99. The van der Waals surface area contributed by atoms with Crippen LogP contribution in [0.4, 0.5) is 0 Å². The molecule has 2 rings (SSSR count). The predicted octanol–water partition coefficient (Wildman–Crippen LogP) is 0.0323. The Morgan fingerprint density at radius 1 is 1.33 bits per heavy atom. The van der Waals surface area contributed by atoms with Gasteiger partial charge in [0.15, 0.2) is 6.29 Å². The third-order valence-corrected chi connectivity index (χ3v) is 3.32. The van der Waals surface area contributed by atoms with Crippen LogP contribution in [0.2, 0.25) is 0 Å². The van der Waals surface area contributed by atoms with E-state index in [4.69, 9.17) is 14.6 Å². The van der Waals surface area contributed by atoms with Gasteiger partial charge in [-0.2, -0.15) is 0 Å². The van der Waals surface area contributed by atoms with Crippen molar-refractivity contribution in [3.63, 3.8) is 0 Å². The van der Waals surface area contributed by atoms with E-state index < -0.39 is 30.7 Å². The van der Waals surface area contributed by atoms with Crippen LogP contribution >= 0.6 is 0 Å². The lowest BCUT2D eigenvalue weighted by Gasteiger charge is -2.26. The molecular formula is C13H18O5. The Morgan fingerprint density at radius 3 is 2.56 bits per heavy atom. The van der Waals surface area contributed by atoms with Crippen LogP contribution in [-0.2, 0) is 16.1 Å². The molecule has 5 heteroatoms. The standard InChI is InChI=1S/C13H18O5/c1-9-13(16,8-14)11(15)12(18-9)17-7-10-5-3-2-4-6-10/h2-6,9,11-12,14-16H,7-8H2,1H3/t9-,11-,12+,13+/m0/s1. The lowest BCUT2D eigenvalue weighted by atomic mass is 9.95. The molecule has 1 fully saturated rings. The van der Waals surface area contributed by atoms with Crippen LogP contribution in [0.5, 0.6) is 0 Å². The lowest BCUT2D eigenvalue weighted by Crippen LogP contribution is -2.50. The number of aliphatic hydroxyl groups excluding tert-OH is 2. The summed E-state index contributed by atoms with van der Waals surface area (Å²) in [5.74, 6) is 0. The second kappa shape index (κ2) is 5.34. The third-order valence-electron chi connectivity index (χ3n) is 3.32. The van der Waals surface area contributed by atoms with E-state index in [1.54, 1.807) is 6.92 Å². The number of hydrogen-bond acceptors (Lipinski definition) is 5. The lowest BCUT2D eigenvalue weighted by molar-refractivity contribution is -0.172. The van der Waals surface area contributed by atoms with Gasteiger partial charge < -0.3 is 24.8 Å². The maximum Gasteiger partial charge on any atom is 0.187 e. The molecule has 0 aliphatic carbocycles. The average Bonchev–Trinajstić information content (AvgIpc) is 2.62. The third kappa shape index (κ3) is 2.41. The van der Waals surface area contributed by atoms with Crippen molar-refractivity contribution in [1.82, 2.24) is 0 Å². The molecule has 1 saturated heterocycles. The van der Waals surface area contributed by atoms with Gasteiger partial charge in [-0.1, -0.05) is 30.3 Å². The highest BCUT2D eigenvalue weighted by Crippen LogP contribution is 2.31.